The highest BCUT2D eigenvalue weighted by Gasteiger charge is 2.15. The molecule has 0 radical (unpaired) electrons. The van der Waals surface area contributed by atoms with Gasteiger partial charge in [-0.15, -0.1) is 0 Å². The maximum Gasteiger partial charge on any atom is 0.258 e. The van der Waals surface area contributed by atoms with Crippen LogP contribution in [0.5, 0.6) is 0 Å². The van der Waals surface area contributed by atoms with Crippen LogP contribution in [-0.4, -0.2) is 10.9 Å². The third kappa shape index (κ3) is 5.22. The molecule has 0 aliphatic rings. The summed E-state index contributed by atoms with van der Waals surface area (Å²) < 4.78 is 0. The Hall–Kier alpha value is -3.37. The summed E-state index contributed by atoms with van der Waals surface area (Å²) in [6.07, 6.45) is 2.48. The van der Waals surface area contributed by atoms with Gasteiger partial charge in [0.2, 0.25) is 0 Å². The van der Waals surface area contributed by atoms with Crippen molar-refractivity contribution in [3.63, 3.8) is 0 Å². The number of nitrogens with zero attached hydrogens (tertiary/aromatic N) is 1. The molecule has 3 aromatic carbocycles. The van der Waals surface area contributed by atoms with E-state index in [1.807, 2.05) is 42.5 Å². The van der Waals surface area contributed by atoms with E-state index < -0.39 is 0 Å². The quantitative estimate of drug-likeness (QED) is 0.375. The van der Waals surface area contributed by atoms with Gasteiger partial charge >= 0.3 is 0 Å². The summed E-state index contributed by atoms with van der Waals surface area (Å²) in [4.78, 5) is 18.7. The lowest BCUT2D eigenvalue weighted by atomic mass is 10.0. The molecule has 1 N–H and O–H groups in total. The number of pyridine rings is 1. The molecule has 0 atom stereocenters. The molecular formula is C27H24N2OS. The molecule has 4 aromatic rings. The maximum absolute atomic E-state index is 13.2. The summed E-state index contributed by atoms with van der Waals surface area (Å²) in [6, 6.07) is 28.1. The minimum atomic E-state index is -0.153. The lowest BCUT2D eigenvalue weighted by molar-refractivity contribution is 0.102. The van der Waals surface area contributed by atoms with Crippen LogP contribution in [0.1, 0.15) is 32.6 Å². The van der Waals surface area contributed by atoms with E-state index in [0.29, 0.717) is 10.6 Å². The monoisotopic (exact) mass is 424 g/mol. The van der Waals surface area contributed by atoms with Gasteiger partial charge in [0.1, 0.15) is 5.03 Å². The number of hydrogen-bond acceptors (Lipinski definition) is 3. The summed E-state index contributed by atoms with van der Waals surface area (Å²) in [5.74, 6) is -0.153. The van der Waals surface area contributed by atoms with E-state index in [0.717, 1.165) is 22.6 Å². The molecular weight excluding hydrogens is 400 g/mol. The fraction of sp³-hybridized carbons (Fsp3) is 0.111. The molecule has 31 heavy (non-hydrogen) atoms. The van der Waals surface area contributed by atoms with Crippen molar-refractivity contribution in [1.82, 2.24) is 4.98 Å². The Morgan fingerprint density at radius 2 is 1.65 bits per heavy atom. The molecule has 0 aliphatic heterocycles. The van der Waals surface area contributed by atoms with Gasteiger partial charge < -0.3 is 5.32 Å². The average Bonchev–Trinajstić information content (AvgIpc) is 2.79. The van der Waals surface area contributed by atoms with Crippen LogP contribution in [0, 0.1) is 13.8 Å². The van der Waals surface area contributed by atoms with Crippen molar-refractivity contribution in [2.24, 2.45) is 0 Å². The second-order valence-corrected chi connectivity index (χ2v) is 8.54. The highest BCUT2D eigenvalue weighted by Crippen LogP contribution is 2.30. The molecule has 0 unspecified atom stereocenters. The normalized spacial score (nSPS) is 10.6. The van der Waals surface area contributed by atoms with Gasteiger partial charge in [-0.05, 0) is 72.9 Å². The van der Waals surface area contributed by atoms with Gasteiger partial charge in [-0.1, -0.05) is 66.4 Å². The molecule has 1 aromatic heterocycles. The maximum atomic E-state index is 13.2. The Labute approximate surface area is 187 Å². The van der Waals surface area contributed by atoms with Crippen LogP contribution in [-0.2, 0) is 6.42 Å². The summed E-state index contributed by atoms with van der Waals surface area (Å²) in [7, 11) is 0. The second kappa shape index (κ2) is 9.63. The van der Waals surface area contributed by atoms with Gasteiger partial charge in [0.25, 0.3) is 5.91 Å². The van der Waals surface area contributed by atoms with Gasteiger partial charge in [-0.2, -0.15) is 0 Å². The van der Waals surface area contributed by atoms with Gasteiger partial charge in [0, 0.05) is 16.8 Å². The van der Waals surface area contributed by atoms with E-state index in [-0.39, 0.29) is 5.91 Å². The molecule has 0 spiro atoms. The van der Waals surface area contributed by atoms with Gasteiger partial charge in [-0.3, -0.25) is 4.79 Å². The van der Waals surface area contributed by atoms with Gasteiger partial charge in [-0.25, -0.2) is 4.98 Å². The van der Waals surface area contributed by atoms with Crippen LogP contribution < -0.4 is 5.32 Å². The number of carbonyl (C=O) groups is 1. The minimum absolute atomic E-state index is 0.153. The standard InChI is InChI=1S/C27H24N2OS/c1-19-14-15-23(17-20(19)2)31-27-24(12-8-16-28-27)26(30)29-25-13-7-6-11-22(25)18-21-9-4-3-5-10-21/h3-17H,18H2,1-2H3,(H,29,30). The number of anilines is 1. The Morgan fingerprint density at radius 3 is 2.45 bits per heavy atom. The van der Waals surface area contributed by atoms with Gasteiger partial charge in [0.05, 0.1) is 5.56 Å². The summed E-state index contributed by atoms with van der Waals surface area (Å²) in [5.41, 5.74) is 6.15. The first kappa shape index (κ1) is 20.9. The lowest BCUT2D eigenvalue weighted by Crippen LogP contribution is -2.15. The highest BCUT2D eigenvalue weighted by molar-refractivity contribution is 7.99. The third-order valence-corrected chi connectivity index (χ3v) is 6.22. The zero-order valence-electron chi connectivity index (χ0n) is 17.6. The third-order valence-electron chi connectivity index (χ3n) is 5.21. The van der Waals surface area contributed by atoms with Crippen molar-refractivity contribution in [1.29, 1.82) is 0 Å². The number of hydrogen-bond donors (Lipinski definition) is 1. The molecule has 3 nitrogen and oxygen atoms in total. The van der Waals surface area contributed by atoms with Crippen LogP contribution in [0.3, 0.4) is 0 Å². The SMILES string of the molecule is Cc1ccc(Sc2ncccc2C(=O)Nc2ccccc2Cc2ccccc2)cc1C. The summed E-state index contributed by atoms with van der Waals surface area (Å²) in [6.45, 7) is 4.19. The minimum Gasteiger partial charge on any atom is -0.322 e. The number of carbonyl (C=O) groups excluding carboxylic acids is 1. The Kier molecular flexibility index (Phi) is 6.48. The molecule has 4 rings (SSSR count). The van der Waals surface area contributed by atoms with E-state index in [9.17, 15) is 4.79 Å². The first-order chi connectivity index (χ1) is 15.1. The molecule has 0 saturated carbocycles. The molecule has 0 bridgehead atoms. The van der Waals surface area contributed by atoms with E-state index in [1.54, 1.807) is 12.3 Å². The summed E-state index contributed by atoms with van der Waals surface area (Å²) >= 11 is 1.51. The molecule has 0 saturated heterocycles. The highest BCUT2D eigenvalue weighted by atomic mass is 32.2. The molecule has 1 amide bonds. The predicted molar refractivity (Wildman–Crippen MR) is 128 cm³/mol. The van der Waals surface area contributed by atoms with Crippen LogP contribution >= 0.6 is 11.8 Å². The van der Waals surface area contributed by atoms with Crippen molar-refractivity contribution in [2.75, 3.05) is 5.32 Å². The summed E-state index contributed by atoms with van der Waals surface area (Å²) in [5, 5.41) is 3.80. The molecule has 4 heteroatoms. The van der Waals surface area contributed by atoms with E-state index in [4.69, 9.17) is 0 Å². The van der Waals surface area contributed by atoms with Crippen LogP contribution in [0.4, 0.5) is 5.69 Å². The fourth-order valence-corrected chi connectivity index (χ4v) is 4.32. The van der Waals surface area contributed by atoms with Crippen LogP contribution in [0.15, 0.2) is 101 Å². The van der Waals surface area contributed by atoms with Crippen molar-refractivity contribution in [2.45, 2.75) is 30.2 Å². The van der Waals surface area contributed by atoms with Crippen molar-refractivity contribution >= 4 is 23.4 Å². The topological polar surface area (TPSA) is 42.0 Å². The Balaban J connectivity index is 1.57. The number of benzene rings is 3. The van der Waals surface area contributed by atoms with Crippen molar-refractivity contribution in [3.05, 3.63) is 119 Å². The number of amides is 1. The molecule has 0 fully saturated rings. The number of rotatable bonds is 6. The predicted octanol–water partition coefficient (Wildman–Crippen LogP) is 6.69. The van der Waals surface area contributed by atoms with E-state index >= 15 is 0 Å². The number of nitrogens with one attached hydrogen (secondary N) is 1. The van der Waals surface area contributed by atoms with E-state index in [2.05, 4.69) is 60.5 Å². The number of aryl methyl sites for hydroxylation is 2. The van der Waals surface area contributed by atoms with Crippen molar-refractivity contribution in [3.8, 4) is 0 Å². The largest absolute Gasteiger partial charge is 0.322 e. The molecule has 1 heterocycles. The Morgan fingerprint density at radius 1 is 0.871 bits per heavy atom. The smallest absolute Gasteiger partial charge is 0.258 e. The zero-order chi connectivity index (χ0) is 21.6. The van der Waals surface area contributed by atoms with E-state index in [1.165, 1.54) is 28.5 Å². The second-order valence-electron chi connectivity index (χ2n) is 7.48. The van der Waals surface area contributed by atoms with Crippen LogP contribution in [0.2, 0.25) is 0 Å². The molecule has 0 aliphatic carbocycles. The zero-order valence-corrected chi connectivity index (χ0v) is 18.4. The first-order valence-corrected chi connectivity index (χ1v) is 11.0. The fourth-order valence-electron chi connectivity index (χ4n) is 3.34. The average molecular weight is 425 g/mol. The van der Waals surface area contributed by atoms with Crippen molar-refractivity contribution < 1.29 is 4.79 Å². The van der Waals surface area contributed by atoms with Crippen LogP contribution in [0.25, 0.3) is 0 Å². The number of aromatic nitrogens is 1. The number of para-hydroxylation sites is 1. The first-order valence-electron chi connectivity index (χ1n) is 10.2. The Bertz CT molecular complexity index is 1200. The lowest BCUT2D eigenvalue weighted by Gasteiger charge is -2.13. The van der Waals surface area contributed by atoms with Gasteiger partial charge in [0.15, 0.2) is 0 Å². The molecule has 154 valence electrons.